The number of ether oxygens (including phenoxy) is 1. The Morgan fingerprint density at radius 2 is 1.78 bits per heavy atom. The highest BCUT2D eigenvalue weighted by molar-refractivity contribution is 6.50. The van der Waals surface area contributed by atoms with Gasteiger partial charge in [-0.3, -0.25) is 0 Å². The molecule has 2 aromatic rings. The van der Waals surface area contributed by atoms with Crippen LogP contribution in [0.5, 0.6) is 0 Å². The van der Waals surface area contributed by atoms with Crippen LogP contribution in [0.2, 0.25) is 0 Å². The van der Waals surface area contributed by atoms with E-state index in [-0.39, 0.29) is 0 Å². The lowest BCUT2D eigenvalue weighted by molar-refractivity contribution is -0.671. The van der Waals surface area contributed by atoms with Gasteiger partial charge in [0.2, 0.25) is 6.33 Å². The lowest BCUT2D eigenvalue weighted by Gasteiger charge is -2.08. The summed E-state index contributed by atoms with van der Waals surface area (Å²) in [5, 5.41) is 0. The molecule has 0 saturated carbocycles. The number of aryl methyl sites for hydroxylation is 2. The summed E-state index contributed by atoms with van der Waals surface area (Å²) in [7, 11) is -4.00. The molecule has 1 aromatic carbocycles. The minimum atomic E-state index is -6.00. The highest BCUT2D eigenvalue weighted by atomic mass is 19.5. The van der Waals surface area contributed by atoms with Crippen LogP contribution in [0.15, 0.2) is 49.6 Å². The maximum absolute atomic E-state index is 9.75. The minimum Gasteiger partial charge on any atom is -0.489 e. The van der Waals surface area contributed by atoms with Gasteiger partial charge in [-0.2, -0.15) is 0 Å². The Balaban J connectivity index is 0.000000463. The minimum absolute atomic E-state index is 0.626. The molecule has 0 aliphatic rings. The van der Waals surface area contributed by atoms with Crippen molar-refractivity contribution >= 4 is 13.0 Å². The first-order valence-corrected chi connectivity index (χ1v) is 6.92. The molecule has 3 nitrogen and oxygen atoms in total. The molecule has 0 aliphatic carbocycles. The standard InChI is InChI=1S/C15H19N2O.BF4/c1-13-4-6-15(7-5-13)14(2)18-11-10-17-9-8-16(3)12-17;2-1(3,4)5/h4-9,12H,2,10-11H2,1,3H3;/q+1;-1. The van der Waals surface area contributed by atoms with E-state index in [1.807, 2.05) is 42.5 Å². The first-order chi connectivity index (χ1) is 10.6. The van der Waals surface area contributed by atoms with Gasteiger partial charge in [0.1, 0.15) is 31.3 Å². The fraction of sp³-hybridized carbons (Fsp3) is 0.267. The number of nitrogens with zero attached hydrogens (tertiary/aromatic N) is 2. The molecule has 0 fully saturated rings. The van der Waals surface area contributed by atoms with E-state index < -0.39 is 7.25 Å². The Bertz CT molecular complexity index is 617. The summed E-state index contributed by atoms with van der Waals surface area (Å²) in [4.78, 5) is 0. The van der Waals surface area contributed by atoms with Gasteiger partial charge in [0.05, 0.1) is 7.05 Å². The van der Waals surface area contributed by atoms with Crippen LogP contribution < -0.4 is 4.57 Å². The lowest BCUT2D eigenvalue weighted by Crippen LogP contribution is -2.24. The van der Waals surface area contributed by atoms with Crippen molar-refractivity contribution in [2.75, 3.05) is 6.61 Å². The number of aromatic nitrogens is 2. The van der Waals surface area contributed by atoms with Crippen LogP contribution in [0.25, 0.3) is 5.76 Å². The van der Waals surface area contributed by atoms with E-state index in [9.17, 15) is 17.3 Å². The Kier molecular flexibility index (Phi) is 6.87. The summed E-state index contributed by atoms with van der Waals surface area (Å²) >= 11 is 0. The van der Waals surface area contributed by atoms with Gasteiger partial charge in [0.25, 0.3) is 0 Å². The third-order valence-electron chi connectivity index (χ3n) is 2.82. The SMILES string of the molecule is C=C(OCCn1cc[n+](C)c1)c1ccc(C)cc1.F[B-](F)(F)F. The molecule has 2 rings (SSSR count). The van der Waals surface area contributed by atoms with Crippen LogP contribution in [0, 0.1) is 6.92 Å². The number of imidazole rings is 1. The van der Waals surface area contributed by atoms with Crippen molar-refractivity contribution in [1.29, 1.82) is 0 Å². The number of halogens is 4. The molecule has 0 radical (unpaired) electrons. The molecule has 0 saturated heterocycles. The van der Waals surface area contributed by atoms with Crippen LogP contribution in [-0.2, 0) is 18.3 Å². The van der Waals surface area contributed by atoms with Crippen molar-refractivity contribution in [1.82, 2.24) is 4.57 Å². The van der Waals surface area contributed by atoms with E-state index in [1.54, 1.807) is 0 Å². The molecule has 0 spiro atoms. The van der Waals surface area contributed by atoms with Crippen LogP contribution >= 0.6 is 0 Å². The van der Waals surface area contributed by atoms with Gasteiger partial charge in [0.15, 0.2) is 0 Å². The van der Waals surface area contributed by atoms with Gasteiger partial charge in [-0.05, 0) is 6.92 Å². The zero-order valence-corrected chi connectivity index (χ0v) is 13.1. The van der Waals surface area contributed by atoms with Crippen molar-refractivity contribution < 1.29 is 26.6 Å². The molecule has 0 aliphatic heterocycles. The summed E-state index contributed by atoms with van der Waals surface area (Å²) < 4.78 is 48.8. The molecule has 0 bridgehead atoms. The first kappa shape index (κ1) is 18.8. The number of hydrogen-bond donors (Lipinski definition) is 0. The van der Waals surface area contributed by atoms with Crippen LogP contribution in [0.1, 0.15) is 11.1 Å². The van der Waals surface area contributed by atoms with Gasteiger partial charge in [-0.25, -0.2) is 9.13 Å². The molecule has 23 heavy (non-hydrogen) atoms. The van der Waals surface area contributed by atoms with Gasteiger partial charge in [0, 0.05) is 5.56 Å². The maximum Gasteiger partial charge on any atom is 0.673 e. The number of rotatable bonds is 5. The van der Waals surface area contributed by atoms with Gasteiger partial charge < -0.3 is 22.0 Å². The monoisotopic (exact) mass is 330 g/mol. The van der Waals surface area contributed by atoms with E-state index in [4.69, 9.17) is 4.74 Å². The topological polar surface area (TPSA) is 18.0 Å². The van der Waals surface area contributed by atoms with Gasteiger partial charge >= 0.3 is 7.25 Å². The number of benzene rings is 1. The summed E-state index contributed by atoms with van der Waals surface area (Å²) in [6.07, 6.45) is 6.06. The second-order valence-corrected chi connectivity index (χ2v) is 4.95. The van der Waals surface area contributed by atoms with E-state index in [0.29, 0.717) is 6.61 Å². The fourth-order valence-electron chi connectivity index (χ4n) is 1.73. The Morgan fingerprint density at radius 3 is 2.26 bits per heavy atom. The molecule has 0 N–H and O–H groups in total. The predicted molar refractivity (Wildman–Crippen MR) is 82.0 cm³/mol. The molecule has 1 aromatic heterocycles. The van der Waals surface area contributed by atoms with Gasteiger partial charge in [-0.15, -0.1) is 0 Å². The second kappa shape index (κ2) is 8.40. The van der Waals surface area contributed by atoms with E-state index in [2.05, 4.69) is 30.2 Å². The molecule has 1 heterocycles. The third kappa shape index (κ3) is 8.70. The van der Waals surface area contributed by atoms with Crippen molar-refractivity contribution in [3.63, 3.8) is 0 Å². The van der Waals surface area contributed by atoms with Crippen molar-refractivity contribution in [2.24, 2.45) is 7.05 Å². The first-order valence-electron chi connectivity index (χ1n) is 6.92. The average molecular weight is 330 g/mol. The predicted octanol–water partition coefficient (Wildman–Crippen LogP) is 3.61. The van der Waals surface area contributed by atoms with E-state index in [1.165, 1.54) is 5.56 Å². The normalized spacial score (nSPS) is 10.7. The second-order valence-electron chi connectivity index (χ2n) is 4.95. The van der Waals surface area contributed by atoms with Gasteiger partial charge in [-0.1, -0.05) is 36.4 Å². The molecule has 0 unspecified atom stereocenters. The quantitative estimate of drug-likeness (QED) is 0.354. The molecule has 126 valence electrons. The average Bonchev–Trinajstić information content (AvgIpc) is 2.83. The molecular weight excluding hydrogens is 311 g/mol. The summed E-state index contributed by atoms with van der Waals surface area (Å²) in [6, 6.07) is 8.20. The zero-order chi connectivity index (χ0) is 17.5. The highest BCUT2D eigenvalue weighted by Crippen LogP contribution is 2.14. The zero-order valence-electron chi connectivity index (χ0n) is 13.1. The van der Waals surface area contributed by atoms with Crippen LogP contribution in [0.4, 0.5) is 17.3 Å². The maximum atomic E-state index is 9.75. The Morgan fingerprint density at radius 1 is 1.22 bits per heavy atom. The van der Waals surface area contributed by atoms with Crippen molar-refractivity contribution in [2.45, 2.75) is 13.5 Å². The molecule has 8 heteroatoms. The fourth-order valence-corrected chi connectivity index (χ4v) is 1.73. The van der Waals surface area contributed by atoms with Crippen LogP contribution in [-0.4, -0.2) is 18.4 Å². The van der Waals surface area contributed by atoms with Crippen molar-refractivity contribution in [3.8, 4) is 0 Å². The third-order valence-corrected chi connectivity index (χ3v) is 2.82. The largest absolute Gasteiger partial charge is 0.673 e. The highest BCUT2D eigenvalue weighted by Gasteiger charge is 2.20. The smallest absolute Gasteiger partial charge is 0.489 e. The molecule has 0 atom stereocenters. The summed E-state index contributed by atoms with van der Waals surface area (Å²) in [6.45, 7) is 7.47. The number of hydrogen-bond acceptors (Lipinski definition) is 1. The van der Waals surface area contributed by atoms with Crippen LogP contribution in [0.3, 0.4) is 0 Å². The Labute approximate surface area is 132 Å². The molecule has 0 amide bonds. The lowest BCUT2D eigenvalue weighted by atomic mass is 10.1. The summed E-state index contributed by atoms with van der Waals surface area (Å²) in [5.74, 6) is 0.728. The Hall–Kier alpha value is -2.25. The summed E-state index contributed by atoms with van der Waals surface area (Å²) in [5.41, 5.74) is 2.28. The molecular formula is C15H19BF4N2O. The van der Waals surface area contributed by atoms with Crippen molar-refractivity contribution in [3.05, 3.63) is 60.7 Å². The van der Waals surface area contributed by atoms with E-state index >= 15 is 0 Å². The van der Waals surface area contributed by atoms with E-state index in [0.717, 1.165) is 17.9 Å².